The molecule has 1 aliphatic heterocycles. The summed E-state index contributed by atoms with van der Waals surface area (Å²) in [6, 6.07) is 9.08. The zero-order chi connectivity index (χ0) is 16.8. The summed E-state index contributed by atoms with van der Waals surface area (Å²) in [5.41, 5.74) is 2.01. The molecule has 1 N–H and O–H groups in total. The lowest BCUT2D eigenvalue weighted by Crippen LogP contribution is -2.17. The van der Waals surface area contributed by atoms with E-state index in [9.17, 15) is 9.90 Å². The molecule has 7 heteroatoms. The Bertz CT molecular complexity index is 991. The standard InChI is InChI=1S/C17H15NO5S/c1-18-11-7-14(9-3-4-12-13(5-9)23-8-22-12)24-16(11)10(6-15(18)19)17(20)21-2/h3-7,17,20H,8H2,1-2H3. The predicted octanol–water partition coefficient (Wildman–Crippen LogP) is 2.63. The predicted molar refractivity (Wildman–Crippen MR) is 90.6 cm³/mol. The number of hydrogen-bond donors (Lipinski definition) is 1. The number of nitrogens with zero attached hydrogens (tertiary/aromatic N) is 1. The second kappa shape index (κ2) is 5.62. The minimum atomic E-state index is -1.13. The van der Waals surface area contributed by atoms with E-state index in [0.717, 1.165) is 26.4 Å². The maximum atomic E-state index is 12.1. The zero-order valence-electron chi connectivity index (χ0n) is 13.1. The number of methoxy groups -OCH3 is 1. The number of pyridine rings is 1. The first-order chi connectivity index (χ1) is 11.6. The van der Waals surface area contributed by atoms with Gasteiger partial charge in [-0.05, 0) is 29.8 Å². The molecular formula is C17H15NO5S. The van der Waals surface area contributed by atoms with Gasteiger partial charge in [-0.25, -0.2) is 0 Å². The Balaban J connectivity index is 1.92. The fourth-order valence-electron chi connectivity index (χ4n) is 2.75. The Hall–Kier alpha value is -2.35. The zero-order valence-corrected chi connectivity index (χ0v) is 13.9. The molecule has 1 atom stereocenters. The molecule has 24 heavy (non-hydrogen) atoms. The van der Waals surface area contributed by atoms with Crippen LogP contribution >= 0.6 is 11.3 Å². The molecule has 1 aromatic carbocycles. The van der Waals surface area contributed by atoms with Gasteiger partial charge in [0, 0.05) is 30.7 Å². The Morgan fingerprint density at radius 1 is 1.25 bits per heavy atom. The number of benzene rings is 1. The molecule has 0 saturated heterocycles. The van der Waals surface area contributed by atoms with Gasteiger partial charge in [-0.2, -0.15) is 0 Å². The maximum Gasteiger partial charge on any atom is 0.251 e. The second-order valence-corrected chi connectivity index (χ2v) is 6.53. The number of ether oxygens (including phenoxy) is 3. The van der Waals surface area contributed by atoms with Crippen molar-refractivity contribution in [1.29, 1.82) is 0 Å². The van der Waals surface area contributed by atoms with Crippen LogP contribution in [0.4, 0.5) is 0 Å². The lowest BCUT2D eigenvalue weighted by atomic mass is 10.1. The van der Waals surface area contributed by atoms with Crippen LogP contribution < -0.4 is 15.0 Å². The minimum absolute atomic E-state index is 0.191. The number of aliphatic hydroxyl groups excluding tert-OH is 1. The van der Waals surface area contributed by atoms with Crippen LogP contribution in [0.2, 0.25) is 0 Å². The summed E-state index contributed by atoms with van der Waals surface area (Å²) in [4.78, 5) is 13.1. The molecule has 0 bridgehead atoms. The summed E-state index contributed by atoms with van der Waals surface area (Å²) in [6.07, 6.45) is -1.13. The van der Waals surface area contributed by atoms with Crippen LogP contribution in [0, 0.1) is 0 Å². The lowest BCUT2D eigenvalue weighted by Gasteiger charge is -2.10. The fraction of sp³-hybridized carbons (Fsp3) is 0.235. The number of rotatable bonds is 3. The molecule has 1 unspecified atom stereocenters. The molecule has 0 amide bonds. The van der Waals surface area contributed by atoms with Crippen molar-refractivity contribution in [3.05, 3.63) is 46.2 Å². The summed E-state index contributed by atoms with van der Waals surface area (Å²) in [5.74, 6) is 1.43. The van der Waals surface area contributed by atoms with Crippen molar-refractivity contribution in [2.75, 3.05) is 13.9 Å². The molecule has 2 aromatic heterocycles. The van der Waals surface area contributed by atoms with Crippen LogP contribution in [0.15, 0.2) is 35.1 Å². The van der Waals surface area contributed by atoms with Crippen LogP contribution in [0.1, 0.15) is 11.9 Å². The third-order valence-corrected chi connectivity index (χ3v) is 5.31. The highest BCUT2D eigenvalue weighted by molar-refractivity contribution is 7.22. The normalized spacial score (nSPS) is 14.3. The molecule has 124 valence electrons. The van der Waals surface area contributed by atoms with Crippen molar-refractivity contribution in [2.24, 2.45) is 7.05 Å². The van der Waals surface area contributed by atoms with Crippen LogP contribution in [-0.2, 0) is 11.8 Å². The number of aryl methyl sites for hydroxylation is 1. The maximum absolute atomic E-state index is 12.1. The Morgan fingerprint density at radius 3 is 2.83 bits per heavy atom. The van der Waals surface area contributed by atoms with Crippen molar-refractivity contribution < 1.29 is 19.3 Å². The van der Waals surface area contributed by atoms with Crippen molar-refractivity contribution in [2.45, 2.75) is 6.29 Å². The lowest BCUT2D eigenvalue weighted by molar-refractivity contribution is -0.0758. The van der Waals surface area contributed by atoms with Crippen LogP contribution in [0.3, 0.4) is 0 Å². The van der Waals surface area contributed by atoms with E-state index in [1.165, 1.54) is 24.5 Å². The molecule has 3 aromatic rings. The molecule has 4 rings (SSSR count). The Morgan fingerprint density at radius 2 is 2.04 bits per heavy atom. The molecule has 6 nitrogen and oxygen atoms in total. The van der Waals surface area contributed by atoms with Gasteiger partial charge in [0.05, 0.1) is 10.2 Å². The SMILES string of the molecule is COC(O)c1cc(=O)n(C)c2cc(-c3ccc4c(c3)OCO4)sc12. The van der Waals surface area contributed by atoms with Gasteiger partial charge < -0.3 is 23.9 Å². The first-order valence-corrected chi connectivity index (χ1v) is 8.14. The second-order valence-electron chi connectivity index (χ2n) is 5.48. The number of aliphatic hydroxyl groups is 1. The third kappa shape index (κ3) is 2.29. The van der Waals surface area contributed by atoms with E-state index in [4.69, 9.17) is 14.2 Å². The molecule has 1 aliphatic rings. The van der Waals surface area contributed by atoms with Crippen molar-refractivity contribution in [1.82, 2.24) is 4.57 Å². The van der Waals surface area contributed by atoms with Crippen molar-refractivity contribution in [3.8, 4) is 21.9 Å². The highest BCUT2D eigenvalue weighted by Crippen LogP contribution is 2.40. The summed E-state index contributed by atoms with van der Waals surface area (Å²) in [5, 5.41) is 10.0. The number of fused-ring (bicyclic) bond motifs is 2. The van der Waals surface area contributed by atoms with E-state index in [0.29, 0.717) is 11.3 Å². The highest BCUT2D eigenvalue weighted by Gasteiger charge is 2.19. The molecule has 0 fully saturated rings. The van der Waals surface area contributed by atoms with Gasteiger partial charge >= 0.3 is 0 Å². The Labute approximate surface area is 141 Å². The highest BCUT2D eigenvalue weighted by atomic mass is 32.1. The summed E-state index contributed by atoms with van der Waals surface area (Å²) >= 11 is 1.49. The Kier molecular flexibility index (Phi) is 3.56. The van der Waals surface area contributed by atoms with E-state index >= 15 is 0 Å². The van der Waals surface area contributed by atoms with Gasteiger partial charge in [-0.1, -0.05) is 0 Å². The average molecular weight is 345 g/mol. The fourth-order valence-corrected chi connectivity index (χ4v) is 3.97. The molecule has 0 radical (unpaired) electrons. The van der Waals surface area contributed by atoms with Gasteiger partial charge in [0.15, 0.2) is 17.8 Å². The monoisotopic (exact) mass is 345 g/mol. The van der Waals surface area contributed by atoms with E-state index < -0.39 is 6.29 Å². The van der Waals surface area contributed by atoms with Gasteiger partial charge in [0.1, 0.15) is 0 Å². The first kappa shape index (κ1) is 15.2. The van der Waals surface area contributed by atoms with E-state index in [1.807, 2.05) is 24.3 Å². The largest absolute Gasteiger partial charge is 0.454 e. The van der Waals surface area contributed by atoms with Crippen molar-refractivity contribution in [3.63, 3.8) is 0 Å². The number of thiophene rings is 1. The summed E-state index contributed by atoms with van der Waals surface area (Å²) < 4.78 is 18.1. The van der Waals surface area contributed by atoms with Crippen molar-refractivity contribution >= 4 is 21.6 Å². The molecule has 3 heterocycles. The van der Waals surface area contributed by atoms with E-state index in [1.54, 1.807) is 11.6 Å². The molecule has 0 aliphatic carbocycles. The van der Waals surface area contributed by atoms with Gasteiger partial charge in [0.2, 0.25) is 6.79 Å². The average Bonchev–Trinajstić information content (AvgIpc) is 3.23. The third-order valence-electron chi connectivity index (χ3n) is 4.09. The van der Waals surface area contributed by atoms with E-state index in [2.05, 4.69) is 0 Å². The van der Waals surface area contributed by atoms with Gasteiger partial charge in [-0.3, -0.25) is 4.79 Å². The van der Waals surface area contributed by atoms with Gasteiger partial charge in [0.25, 0.3) is 5.56 Å². The van der Waals surface area contributed by atoms with Crippen LogP contribution in [0.5, 0.6) is 11.5 Å². The number of hydrogen-bond acceptors (Lipinski definition) is 6. The van der Waals surface area contributed by atoms with Crippen LogP contribution in [-0.4, -0.2) is 23.6 Å². The summed E-state index contributed by atoms with van der Waals surface area (Å²) in [7, 11) is 3.12. The van der Waals surface area contributed by atoms with E-state index in [-0.39, 0.29) is 12.4 Å². The summed E-state index contributed by atoms with van der Waals surface area (Å²) in [6.45, 7) is 0.226. The molecular weight excluding hydrogens is 330 g/mol. The smallest absolute Gasteiger partial charge is 0.251 e. The topological polar surface area (TPSA) is 69.9 Å². The first-order valence-electron chi connectivity index (χ1n) is 7.33. The minimum Gasteiger partial charge on any atom is -0.454 e. The number of aromatic nitrogens is 1. The van der Waals surface area contributed by atoms with Crippen LogP contribution in [0.25, 0.3) is 20.7 Å². The molecule has 0 saturated carbocycles. The van der Waals surface area contributed by atoms with Gasteiger partial charge in [-0.15, -0.1) is 11.3 Å². The quantitative estimate of drug-likeness (QED) is 0.739. The molecule has 0 spiro atoms.